The first-order valence-corrected chi connectivity index (χ1v) is 6.17. The molecule has 1 amide bonds. The van der Waals surface area contributed by atoms with E-state index in [0.29, 0.717) is 0 Å². The van der Waals surface area contributed by atoms with Crippen molar-refractivity contribution in [1.29, 1.82) is 0 Å². The van der Waals surface area contributed by atoms with Crippen LogP contribution in [-0.4, -0.2) is 23.5 Å². The number of carboxylic acids is 1. The smallest absolute Gasteiger partial charge is 0.308 e. The Kier molecular flexibility index (Phi) is 2.71. The topological polar surface area (TPSA) is 57.6 Å². The number of nitrogens with zero attached hydrogens (tertiary/aromatic N) is 1. The fourth-order valence-electron chi connectivity index (χ4n) is 2.47. The Balaban J connectivity index is 1.96. The number of benzene rings is 2. The molecule has 3 rings (SSSR count). The van der Waals surface area contributed by atoms with Gasteiger partial charge in [0.1, 0.15) is 0 Å². The lowest BCUT2D eigenvalue weighted by molar-refractivity contribution is -0.141. The lowest BCUT2D eigenvalue weighted by atomic mass is 10.1. The maximum absolute atomic E-state index is 11.9. The van der Waals surface area contributed by atoms with Gasteiger partial charge < -0.3 is 10.0 Å². The molecule has 19 heavy (non-hydrogen) atoms. The summed E-state index contributed by atoms with van der Waals surface area (Å²) in [5.74, 6) is -1.63. The van der Waals surface area contributed by atoms with Gasteiger partial charge in [0.15, 0.2) is 0 Å². The summed E-state index contributed by atoms with van der Waals surface area (Å²) in [5.41, 5.74) is 0.771. The summed E-state index contributed by atoms with van der Waals surface area (Å²) in [6.07, 6.45) is 0.0855. The van der Waals surface area contributed by atoms with E-state index in [-0.39, 0.29) is 18.9 Å². The Bertz CT molecular complexity index is 665. The molecular formula is C15H13NO3. The zero-order valence-electron chi connectivity index (χ0n) is 10.2. The quantitative estimate of drug-likeness (QED) is 0.895. The molecule has 0 bridgehead atoms. The second-order valence-electron chi connectivity index (χ2n) is 4.78. The van der Waals surface area contributed by atoms with E-state index in [1.54, 1.807) is 4.90 Å². The molecular weight excluding hydrogens is 242 g/mol. The van der Waals surface area contributed by atoms with Crippen molar-refractivity contribution in [3.8, 4) is 0 Å². The fraction of sp³-hybridized carbons (Fsp3) is 0.200. The van der Waals surface area contributed by atoms with Gasteiger partial charge in [0.05, 0.1) is 5.92 Å². The molecule has 0 unspecified atom stereocenters. The molecule has 4 nitrogen and oxygen atoms in total. The van der Waals surface area contributed by atoms with Crippen LogP contribution in [0.4, 0.5) is 5.69 Å². The van der Waals surface area contributed by atoms with E-state index in [2.05, 4.69) is 0 Å². The van der Waals surface area contributed by atoms with Gasteiger partial charge >= 0.3 is 5.97 Å². The third-order valence-corrected chi connectivity index (χ3v) is 3.52. The molecule has 1 saturated heterocycles. The van der Waals surface area contributed by atoms with E-state index in [4.69, 9.17) is 5.11 Å². The van der Waals surface area contributed by atoms with E-state index in [1.165, 1.54) is 0 Å². The van der Waals surface area contributed by atoms with Gasteiger partial charge in [0.2, 0.25) is 5.91 Å². The van der Waals surface area contributed by atoms with Crippen molar-refractivity contribution in [3.63, 3.8) is 0 Å². The molecule has 1 atom stereocenters. The lowest BCUT2D eigenvalue weighted by Crippen LogP contribution is -2.25. The van der Waals surface area contributed by atoms with Gasteiger partial charge in [-0.05, 0) is 22.9 Å². The molecule has 1 heterocycles. The van der Waals surface area contributed by atoms with Gasteiger partial charge in [-0.1, -0.05) is 30.3 Å². The van der Waals surface area contributed by atoms with Crippen LogP contribution in [0.3, 0.4) is 0 Å². The molecule has 1 aliphatic rings. The van der Waals surface area contributed by atoms with Crippen molar-refractivity contribution in [2.24, 2.45) is 5.92 Å². The third kappa shape index (κ3) is 2.05. The Morgan fingerprint density at radius 1 is 1.16 bits per heavy atom. The molecule has 1 aliphatic heterocycles. The summed E-state index contributed by atoms with van der Waals surface area (Å²) in [6, 6.07) is 13.6. The highest BCUT2D eigenvalue weighted by Gasteiger charge is 2.34. The monoisotopic (exact) mass is 255 g/mol. The summed E-state index contributed by atoms with van der Waals surface area (Å²) in [6.45, 7) is 0.256. The number of rotatable bonds is 2. The van der Waals surface area contributed by atoms with Crippen LogP contribution in [-0.2, 0) is 9.59 Å². The SMILES string of the molecule is O=C(O)[C@H]1CC(=O)N(c2ccc3ccccc3c2)C1. The van der Waals surface area contributed by atoms with E-state index in [9.17, 15) is 9.59 Å². The van der Waals surface area contributed by atoms with Gasteiger partial charge in [0.25, 0.3) is 0 Å². The summed E-state index contributed by atoms with van der Waals surface area (Å²) >= 11 is 0. The van der Waals surface area contributed by atoms with E-state index < -0.39 is 11.9 Å². The normalized spacial score (nSPS) is 19.1. The van der Waals surface area contributed by atoms with E-state index >= 15 is 0 Å². The number of anilines is 1. The Hall–Kier alpha value is -2.36. The zero-order chi connectivity index (χ0) is 13.4. The number of carbonyl (C=O) groups is 2. The highest BCUT2D eigenvalue weighted by molar-refractivity contribution is 6.00. The maximum atomic E-state index is 11.9. The summed E-state index contributed by atoms with van der Waals surface area (Å²) < 4.78 is 0. The van der Waals surface area contributed by atoms with Crippen molar-refractivity contribution < 1.29 is 14.7 Å². The zero-order valence-corrected chi connectivity index (χ0v) is 10.2. The minimum Gasteiger partial charge on any atom is -0.481 e. The maximum Gasteiger partial charge on any atom is 0.308 e. The number of hydrogen-bond acceptors (Lipinski definition) is 2. The van der Waals surface area contributed by atoms with Crippen molar-refractivity contribution in [2.75, 3.05) is 11.4 Å². The Morgan fingerprint density at radius 2 is 1.89 bits per heavy atom. The number of carbonyl (C=O) groups excluding carboxylic acids is 1. The molecule has 0 aliphatic carbocycles. The van der Waals surface area contributed by atoms with Gasteiger partial charge in [-0.25, -0.2) is 0 Å². The first-order valence-electron chi connectivity index (χ1n) is 6.17. The summed E-state index contributed by atoms with van der Waals surface area (Å²) in [4.78, 5) is 24.4. The first kappa shape index (κ1) is 11.7. The minimum atomic E-state index is -0.906. The molecule has 0 radical (unpaired) electrons. The molecule has 1 N–H and O–H groups in total. The lowest BCUT2D eigenvalue weighted by Gasteiger charge is -2.16. The molecule has 0 spiro atoms. The summed E-state index contributed by atoms with van der Waals surface area (Å²) in [5, 5.41) is 11.1. The van der Waals surface area contributed by atoms with Crippen molar-refractivity contribution >= 4 is 28.3 Å². The van der Waals surface area contributed by atoms with Crippen molar-refractivity contribution in [3.05, 3.63) is 42.5 Å². The van der Waals surface area contributed by atoms with Gasteiger partial charge in [-0.15, -0.1) is 0 Å². The van der Waals surface area contributed by atoms with Crippen LogP contribution >= 0.6 is 0 Å². The Labute approximate surface area is 110 Å². The standard InChI is InChI=1S/C15H13NO3/c17-14-8-12(15(18)19)9-16(14)13-6-5-10-3-1-2-4-11(10)7-13/h1-7,12H,8-9H2,(H,18,19)/t12-/m0/s1. The second kappa shape index (κ2) is 4.39. The predicted molar refractivity (Wildman–Crippen MR) is 72.0 cm³/mol. The number of hydrogen-bond donors (Lipinski definition) is 1. The van der Waals surface area contributed by atoms with E-state index in [0.717, 1.165) is 16.5 Å². The first-order chi connectivity index (χ1) is 9.15. The van der Waals surface area contributed by atoms with Crippen LogP contribution < -0.4 is 4.90 Å². The van der Waals surface area contributed by atoms with Crippen LogP contribution in [0.5, 0.6) is 0 Å². The average molecular weight is 255 g/mol. The van der Waals surface area contributed by atoms with Crippen LogP contribution in [0.15, 0.2) is 42.5 Å². The summed E-state index contributed by atoms with van der Waals surface area (Å²) in [7, 11) is 0. The Morgan fingerprint density at radius 3 is 2.58 bits per heavy atom. The van der Waals surface area contributed by atoms with Gasteiger partial charge in [-0.2, -0.15) is 0 Å². The molecule has 96 valence electrons. The molecule has 1 fully saturated rings. The molecule has 0 aromatic heterocycles. The highest BCUT2D eigenvalue weighted by atomic mass is 16.4. The average Bonchev–Trinajstić information content (AvgIpc) is 2.80. The second-order valence-corrected chi connectivity index (χ2v) is 4.78. The molecule has 2 aromatic rings. The van der Waals surface area contributed by atoms with Gasteiger partial charge in [-0.3, -0.25) is 9.59 Å². The van der Waals surface area contributed by atoms with Crippen LogP contribution in [0.25, 0.3) is 10.8 Å². The van der Waals surface area contributed by atoms with Crippen LogP contribution in [0.2, 0.25) is 0 Å². The number of carboxylic acid groups (broad SMARTS) is 1. The molecule has 0 saturated carbocycles. The largest absolute Gasteiger partial charge is 0.481 e. The third-order valence-electron chi connectivity index (χ3n) is 3.52. The number of fused-ring (bicyclic) bond motifs is 1. The number of aliphatic carboxylic acids is 1. The minimum absolute atomic E-state index is 0.0855. The highest BCUT2D eigenvalue weighted by Crippen LogP contribution is 2.28. The number of amides is 1. The predicted octanol–water partition coefficient (Wildman–Crippen LogP) is 2.28. The van der Waals surface area contributed by atoms with Crippen molar-refractivity contribution in [1.82, 2.24) is 0 Å². The fourth-order valence-corrected chi connectivity index (χ4v) is 2.47. The molecule has 4 heteroatoms. The van der Waals surface area contributed by atoms with Crippen LogP contribution in [0.1, 0.15) is 6.42 Å². The van der Waals surface area contributed by atoms with Crippen molar-refractivity contribution in [2.45, 2.75) is 6.42 Å². The molecule has 2 aromatic carbocycles. The van der Waals surface area contributed by atoms with Gasteiger partial charge in [0, 0.05) is 18.7 Å². The van der Waals surface area contributed by atoms with E-state index in [1.807, 2.05) is 42.5 Å². The van der Waals surface area contributed by atoms with Crippen LogP contribution in [0, 0.1) is 5.92 Å².